The van der Waals surface area contributed by atoms with Crippen LogP contribution in [-0.2, 0) is 9.59 Å². The monoisotopic (exact) mass is 730 g/mol. The van der Waals surface area contributed by atoms with Crippen LogP contribution in [0.5, 0.6) is 0 Å². The second kappa shape index (κ2) is 42.2. The number of carboxylic acids is 1. The molecule has 0 saturated carbocycles. The van der Waals surface area contributed by atoms with Crippen molar-refractivity contribution in [3.8, 4) is 0 Å². The largest absolute Gasteiger partial charge is 0.481 e. The fourth-order valence-electron chi connectivity index (χ4n) is 7.59. The van der Waals surface area contributed by atoms with Crippen molar-refractivity contribution in [3.63, 3.8) is 0 Å². The highest BCUT2D eigenvalue weighted by Crippen LogP contribution is 2.23. The molecule has 0 aromatic rings. The number of unbranched alkanes of at least 4 members (excludes halogenated alkanes) is 29. The maximum Gasteiger partial charge on any atom is 0.306 e. The molecule has 0 bridgehead atoms. The van der Waals surface area contributed by atoms with Crippen molar-refractivity contribution in [1.82, 2.24) is 0 Å². The third-order valence-electron chi connectivity index (χ3n) is 11.2. The van der Waals surface area contributed by atoms with Gasteiger partial charge in [0, 0.05) is 5.92 Å². The molecule has 0 aliphatic carbocycles. The molecule has 3 N–H and O–H groups in total. The highest BCUT2D eigenvalue weighted by molar-refractivity contribution is 5.76. The summed E-state index contributed by atoms with van der Waals surface area (Å²) in [5.74, 6) is -1.12. The maximum atomic E-state index is 12.1. The molecule has 4 heteroatoms. The van der Waals surface area contributed by atoms with Crippen LogP contribution in [0.25, 0.3) is 0 Å². The molecular formula is C48H91NO3. The first-order chi connectivity index (χ1) is 25.5. The zero-order chi connectivity index (χ0) is 38.0. The minimum Gasteiger partial charge on any atom is -0.481 e. The lowest BCUT2D eigenvalue weighted by atomic mass is 9.91. The molecule has 2 atom stereocenters. The van der Waals surface area contributed by atoms with Gasteiger partial charge >= 0.3 is 5.97 Å². The van der Waals surface area contributed by atoms with Crippen molar-refractivity contribution < 1.29 is 14.7 Å². The molecule has 0 spiro atoms. The molecule has 0 aromatic heterocycles. The molecular weight excluding hydrogens is 639 g/mol. The minimum absolute atomic E-state index is 0.0521. The normalized spacial score (nSPS) is 13.0. The Labute approximate surface area is 325 Å². The van der Waals surface area contributed by atoms with Crippen LogP contribution in [0.15, 0.2) is 24.3 Å². The predicted octanol–water partition coefficient (Wildman–Crippen LogP) is 15.8. The quantitative estimate of drug-likeness (QED) is 0.0484. The van der Waals surface area contributed by atoms with Gasteiger partial charge in [-0.15, -0.1) is 0 Å². The number of primary amides is 1. The van der Waals surface area contributed by atoms with Crippen molar-refractivity contribution in [1.29, 1.82) is 0 Å². The Morgan fingerprint density at radius 1 is 0.385 bits per heavy atom. The van der Waals surface area contributed by atoms with Gasteiger partial charge < -0.3 is 10.8 Å². The smallest absolute Gasteiger partial charge is 0.306 e. The van der Waals surface area contributed by atoms with Gasteiger partial charge in [0.15, 0.2) is 0 Å². The van der Waals surface area contributed by atoms with Gasteiger partial charge in [-0.2, -0.15) is 0 Å². The van der Waals surface area contributed by atoms with E-state index in [0.717, 1.165) is 57.8 Å². The first kappa shape index (κ1) is 50.4. The van der Waals surface area contributed by atoms with Crippen LogP contribution < -0.4 is 5.73 Å². The Kier molecular flexibility index (Phi) is 40.9. The third kappa shape index (κ3) is 38.2. The predicted molar refractivity (Wildman–Crippen MR) is 229 cm³/mol. The van der Waals surface area contributed by atoms with Crippen LogP contribution in [0.1, 0.15) is 258 Å². The summed E-state index contributed by atoms with van der Waals surface area (Å²) in [6.45, 7) is 4.55. The van der Waals surface area contributed by atoms with E-state index in [2.05, 4.69) is 38.2 Å². The van der Waals surface area contributed by atoms with Gasteiger partial charge in [-0.3, -0.25) is 9.59 Å². The highest BCUT2D eigenvalue weighted by atomic mass is 16.4. The van der Waals surface area contributed by atoms with Gasteiger partial charge in [0.25, 0.3) is 0 Å². The SMILES string of the molecule is CCCCCCCC/C=C\CCCCCCCCCCC(CCCCC(CCCCCCCCCC/C=C\CCCCCCCC)C(=O)O)C(N)=O. The molecule has 4 nitrogen and oxygen atoms in total. The fraction of sp³-hybridized carbons (Fsp3) is 0.875. The van der Waals surface area contributed by atoms with Gasteiger partial charge in [-0.1, -0.05) is 205 Å². The number of carbonyl (C=O) groups excluding carboxylic acids is 1. The van der Waals surface area contributed by atoms with Crippen LogP contribution in [0.3, 0.4) is 0 Å². The molecule has 0 radical (unpaired) electrons. The number of allylic oxidation sites excluding steroid dienone is 4. The molecule has 0 heterocycles. The van der Waals surface area contributed by atoms with E-state index in [9.17, 15) is 14.7 Å². The zero-order valence-electron chi connectivity index (χ0n) is 35.2. The summed E-state index contributed by atoms with van der Waals surface area (Å²) < 4.78 is 0. The van der Waals surface area contributed by atoms with E-state index in [1.54, 1.807) is 0 Å². The Bertz CT molecular complexity index is 739. The summed E-state index contributed by atoms with van der Waals surface area (Å²) in [5, 5.41) is 9.75. The summed E-state index contributed by atoms with van der Waals surface area (Å²) in [6, 6.07) is 0. The summed E-state index contributed by atoms with van der Waals surface area (Å²) in [4.78, 5) is 23.9. The summed E-state index contributed by atoms with van der Waals surface area (Å²) in [5.41, 5.74) is 5.74. The molecule has 306 valence electrons. The number of nitrogens with two attached hydrogens (primary N) is 1. The van der Waals surface area contributed by atoms with Gasteiger partial charge in [0.05, 0.1) is 5.92 Å². The Morgan fingerprint density at radius 3 is 0.885 bits per heavy atom. The van der Waals surface area contributed by atoms with Crippen LogP contribution in [0.2, 0.25) is 0 Å². The Hall–Kier alpha value is -1.58. The van der Waals surface area contributed by atoms with Crippen molar-refractivity contribution in [2.24, 2.45) is 17.6 Å². The molecule has 0 aliphatic rings. The van der Waals surface area contributed by atoms with Crippen molar-refractivity contribution >= 4 is 11.9 Å². The van der Waals surface area contributed by atoms with Crippen LogP contribution in [0, 0.1) is 11.8 Å². The number of hydrogen-bond acceptors (Lipinski definition) is 2. The van der Waals surface area contributed by atoms with E-state index in [1.165, 1.54) is 186 Å². The average Bonchev–Trinajstić information content (AvgIpc) is 3.13. The van der Waals surface area contributed by atoms with E-state index in [4.69, 9.17) is 5.73 Å². The van der Waals surface area contributed by atoms with E-state index >= 15 is 0 Å². The molecule has 0 fully saturated rings. The van der Waals surface area contributed by atoms with Gasteiger partial charge in [0.1, 0.15) is 0 Å². The van der Waals surface area contributed by atoms with Crippen molar-refractivity contribution in [3.05, 3.63) is 24.3 Å². The third-order valence-corrected chi connectivity index (χ3v) is 11.2. The summed E-state index contributed by atoms with van der Waals surface area (Å²) in [6.07, 6.45) is 56.2. The first-order valence-corrected chi connectivity index (χ1v) is 23.3. The average molecular weight is 730 g/mol. The summed E-state index contributed by atoms with van der Waals surface area (Å²) >= 11 is 0. The molecule has 1 amide bonds. The van der Waals surface area contributed by atoms with Crippen molar-refractivity contribution in [2.75, 3.05) is 0 Å². The fourth-order valence-corrected chi connectivity index (χ4v) is 7.59. The molecule has 0 aliphatic heterocycles. The van der Waals surface area contributed by atoms with Gasteiger partial charge in [0.2, 0.25) is 5.91 Å². The lowest BCUT2D eigenvalue weighted by Gasteiger charge is -2.15. The molecule has 2 unspecified atom stereocenters. The van der Waals surface area contributed by atoms with E-state index < -0.39 is 5.97 Å². The molecule has 0 saturated heterocycles. The number of rotatable bonds is 43. The summed E-state index contributed by atoms with van der Waals surface area (Å²) in [7, 11) is 0. The van der Waals surface area contributed by atoms with E-state index in [0.29, 0.717) is 0 Å². The molecule has 52 heavy (non-hydrogen) atoms. The minimum atomic E-state index is -0.650. The van der Waals surface area contributed by atoms with E-state index in [-0.39, 0.29) is 17.7 Å². The standard InChI is InChI=1S/C48H91NO3/c1-3-5-7-9-11-13-15-17-19-21-23-25-27-29-31-33-35-37-41-45(47(49)50)42-39-40-44-46(48(51)52)43-38-36-34-32-30-28-26-24-22-20-18-16-14-12-10-8-6-4-2/h17-20,45-46H,3-16,21-44H2,1-2H3,(H2,49,50)(H,51,52)/b19-17-,20-18-. The molecule has 0 rings (SSSR count). The highest BCUT2D eigenvalue weighted by Gasteiger charge is 2.18. The first-order valence-electron chi connectivity index (χ1n) is 23.3. The van der Waals surface area contributed by atoms with Crippen LogP contribution in [0.4, 0.5) is 0 Å². The number of carbonyl (C=O) groups is 2. The lowest BCUT2D eigenvalue weighted by molar-refractivity contribution is -0.142. The topological polar surface area (TPSA) is 80.4 Å². The number of amides is 1. The number of carboxylic acid groups (broad SMARTS) is 1. The van der Waals surface area contributed by atoms with Crippen LogP contribution in [-0.4, -0.2) is 17.0 Å². The zero-order valence-corrected chi connectivity index (χ0v) is 35.2. The van der Waals surface area contributed by atoms with E-state index in [1.807, 2.05) is 0 Å². The van der Waals surface area contributed by atoms with Gasteiger partial charge in [-0.25, -0.2) is 0 Å². The second-order valence-electron chi connectivity index (χ2n) is 16.3. The van der Waals surface area contributed by atoms with Crippen LogP contribution >= 0.6 is 0 Å². The van der Waals surface area contributed by atoms with Gasteiger partial charge in [-0.05, 0) is 77.0 Å². The lowest BCUT2D eigenvalue weighted by Crippen LogP contribution is -2.23. The number of hydrogen-bond donors (Lipinski definition) is 2. The molecule has 0 aromatic carbocycles. The van der Waals surface area contributed by atoms with Crippen molar-refractivity contribution in [2.45, 2.75) is 258 Å². The number of aliphatic carboxylic acids is 1. The second-order valence-corrected chi connectivity index (χ2v) is 16.3. The Morgan fingerprint density at radius 2 is 0.615 bits per heavy atom. The Balaban J connectivity index is 3.70. The maximum absolute atomic E-state index is 12.1.